The third-order valence-corrected chi connectivity index (χ3v) is 3.45. The van der Waals surface area contributed by atoms with Crippen LogP contribution in [0.5, 0.6) is 5.75 Å². The normalized spacial score (nSPS) is 12.8. The summed E-state index contributed by atoms with van der Waals surface area (Å²) >= 11 is 6.20. The van der Waals surface area contributed by atoms with Gasteiger partial charge in [0.15, 0.2) is 0 Å². The quantitative estimate of drug-likeness (QED) is 0.798. The number of rotatable bonds is 7. The highest BCUT2D eigenvalue weighted by Gasteiger charge is 2.09. The summed E-state index contributed by atoms with van der Waals surface area (Å²) < 4.78 is 5.33. The average Bonchev–Trinajstić information content (AvgIpc) is 2.34. The molecular weight excluding hydrogens is 246 g/mol. The number of hydrogen-bond donors (Lipinski definition) is 1. The fourth-order valence-electron chi connectivity index (χ4n) is 1.86. The van der Waals surface area contributed by atoms with Gasteiger partial charge in [0.2, 0.25) is 0 Å². The van der Waals surface area contributed by atoms with E-state index in [1.807, 2.05) is 18.2 Å². The molecule has 0 saturated carbocycles. The topological polar surface area (TPSA) is 21.3 Å². The second kappa shape index (κ2) is 7.65. The van der Waals surface area contributed by atoms with Gasteiger partial charge in [0, 0.05) is 23.2 Å². The third-order valence-electron chi connectivity index (χ3n) is 3.10. The summed E-state index contributed by atoms with van der Waals surface area (Å²) in [6.45, 7) is 7.47. The number of methoxy groups -OCH3 is 1. The van der Waals surface area contributed by atoms with Crippen LogP contribution in [0.4, 0.5) is 0 Å². The molecule has 3 heteroatoms. The Kier molecular flexibility index (Phi) is 6.51. The predicted octanol–water partition coefficient (Wildman–Crippen LogP) is 4.26. The standard InChI is InChI=1S/C15H24ClNO/c1-11(2)8-9-12(3)17-10-13-14(16)6-5-7-15(13)18-4/h5-7,11-12,17H,8-10H2,1-4H3. The largest absolute Gasteiger partial charge is 0.496 e. The Balaban J connectivity index is 2.52. The minimum atomic E-state index is 0.494. The van der Waals surface area contributed by atoms with E-state index in [0.717, 1.165) is 28.8 Å². The van der Waals surface area contributed by atoms with Crippen molar-refractivity contribution in [3.8, 4) is 5.75 Å². The van der Waals surface area contributed by atoms with Crippen LogP contribution in [-0.4, -0.2) is 13.2 Å². The molecule has 0 saturated heterocycles. The molecule has 0 aliphatic rings. The number of benzene rings is 1. The van der Waals surface area contributed by atoms with Crippen molar-refractivity contribution in [3.63, 3.8) is 0 Å². The lowest BCUT2D eigenvalue weighted by atomic mass is 10.0. The first-order chi connectivity index (χ1) is 8.54. The highest BCUT2D eigenvalue weighted by Crippen LogP contribution is 2.26. The lowest BCUT2D eigenvalue weighted by Crippen LogP contribution is -2.26. The SMILES string of the molecule is COc1cccc(Cl)c1CNC(C)CCC(C)C. The maximum atomic E-state index is 6.20. The van der Waals surface area contributed by atoms with Gasteiger partial charge in [-0.2, -0.15) is 0 Å². The Morgan fingerprint density at radius 3 is 2.56 bits per heavy atom. The van der Waals surface area contributed by atoms with E-state index < -0.39 is 0 Å². The van der Waals surface area contributed by atoms with Gasteiger partial charge in [-0.15, -0.1) is 0 Å². The molecule has 0 heterocycles. The zero-order valence-corrected chi connectivity index (χ0v) is 12.6. The molecule has 102 valence electrons. The van der Waals surface area contributed by atoms with Gasteiger partial charge in [0.05, 0.1) is 7.11 Å². The Labute approximate surface area is 116 Å². The molecule has 1 N–H and O–H groups in total. The van der Waals surface area contributed by atoms with Crippen molar-refractivity contribution >= 4 is 11.6 Å². The molecule has 0 amide bonds. The first kappa shape index (κ1) is 15.3. The molecule has 1 atom stereocenters. The second-order valence-corrected chi connectivity index (χ2v) is 5.58. The number of nitrogens with one attached hydrogen (secondary N) is 1. The minimum Gasteiger partial charge on any atom is -0.496 e. The Hall–Kier alpha value is -0.730. The fourth-order valence-corrected chi connectivity index (χ4v) is 2.10. The molecule has 0 aliphatic carbocycles. The van der Waals surface area contributed by atoms with Crippen molar-refractivity contribution in [3.05, 3.63) is 28.8 Å². The van der Waals surface area contributed by atoms with E-state index in [4.69, 9.17) is 16.3 Å². The Bertz CT molecular complexity index is 366. The van der Waals surface area contributed by atoms with E-state index in [1.54, 1.807) is 7.11 Å². The molecule has 2 nitrogen and oxygen atoms in total. The van der Waals surface area contributed by atoms with Crippen molar-refractivity contribution in [2.75, 3.05) is 7.11 Å². The van der Waals surface area contributed by atoms with Crippen molar-refractivity contribution < 1.29 is 4.74 Å². The van der Waals surface area contributed by atoms with Crippen LogP contribution in [0.15, 0.2) is 18.2 Å². The summed E-state index contributed by atoms with van der Waals surface area (Å²) in [7, 11) is 1.68. The van der Waals surface area contributed by atoms with Gasteiger partial charge in [-0.25, -0.2) is 0 Å². The lowest BCUT2D eigenvalue weighted by Gasteiger charge is -2.17. The molecule has 0 spiro atoms. The van der Waals surface area contributed by atoms with E-state index in [1.165, 1.54) is 12.8 Å². The molecule has 0 radical (unpaired) electrons. The van der Waals surface area contributed by atoms with E-state index in [9.17, 15) is 0 Å². The van der Waals surface area contributed by atoms with Crippen molar-refractivity contribution in [2.45, 2.75) is 46.2 Å². The molecule has 0 bridgehead atoms. The van der Waals surface area contributed by atoms with E-state index in [0.29, 0.717) is 6.04 Å². The Morgan fingerprint density at radius 1 is 1.22 bits per heavy atom. The average molecular weight is 270 g/mol. The lowest BCUT2D eigenvalue weighted by molar-refractivity contribution is 0.402. The zero-order valence-electron chi connectivity index (χ0n) is 11.8. The van der Waals surface area contributed by atoms with E-state index >= 15 is 0 Å². The number of ether oxygens (including phenoxy) is 1. The van der Waals surface area contributed by atoms with Gasteiger partial charge >= 0.3 is 0 Å². The van der Waals surface area contributed by atoms with Crippen LogP contribution in [0.1, 0.15) is 39.2 Å². The molecule has 0 aromatic heterocycles. The van der Waals surface area contributed by atoms with Crippen LogP contribution in [-0.2, 0) is 6.54 Å². The third kappa shape index (κ3) is 4.87. The molecule has 1 aromatic rings. The highest BCUT2D eigenvalue weighted by atomic mass is 35.5. The molecular formula is C15H24ClNO. The van der Waals surface area contributed by atoms with Crippen LogP contribution < -0.4 is 10.1 Å². The first-order valence-electron chi connectivity index (χ1n) is 6.59. The van der Waals surface area contributed by atoms with Gasteiger partial charge in [0.1, 0.15) is 5.75 Å². The molecule has 1 aromatic carbocycles. The summed E-state index contributed by atoms with van der Waals surface area (Å²) in [5.41, 5.74) is 1.04. The van der Waals surface area contributed by atoms with Crippen LogP contribution in [0.25, 0.3) is 0 Å². The summed E-state index contributed by atoms with van der Waals surface area (Å²) in [6.07, 6.45) is 2.43. The highest BCUT2D eigenvalue weighted by molar-refractivity contribution is 6.31. The monoisotopic (exact) mass is 269 g/mol. The van der Waals surface area contributed by atoms with Gasteiger partial charge in [-0.1, -0.05) is 31.5 Å². The molecule has 0 aliphatic heterocycles. The molecule has 0 fully saturated rings. The Morgan fingerprint density at radius 2 is 1.94 bits per heavy atom. The fraction of sp³-hybridized carbons (Fsp3) is 0.600. The summed E-state index contributed by atoms with van der Waals surface area (Å²) in [6, 6.07) is 6.25. The van der Waals surface area contributed by atoms with Gasteiger partial charge < -0.3 is 10.1 Å². The predicted molar refractivity (Wildman–Crippen MR) is 78.4 cm³/mol. The van der Waals surface area contributed by atoms with Crippen LogP contribution in [0, 0.1) is 5.92 Å². The first-order valence-corrected chi connectivity index (χ1v) is 6.97. The summed E-state index contributed by atoms with van der Waals surface area (Å²) in [5, 5.41) is 4.27. The van der Waals surface area contributed by atoms with Gasteiger partial charge in [-0.3, -0.25) is 0 Å². The maximum Gasteiger partial charge on any atom is 0.124 e. The van der Waals surface area contributed by atoms with Crippen molar-refractivity contribution in [1.82, 2.24) is 5.32 Å². The molecule has 18 heavy (non-hydrogen) atoms. The maximum absolute atomic E-state index is 6.20. The molecule has 1 unspecified atom stereocenters. The van der Waals surface area contributed by atoms with Crippen molar-refractivity contribution in [1.29, 1.82) is 0 Å². The van der Waals surface area contributed by atoms with Crippen LogP contribution in [0.2, 0.25) is 5.02 Å². The minimum absolute atomic E-state index is 0.494. The molecule has 1 rings (SSSR count). The zero-order chi connectivity index (χ0) is 13.5. The smallest absolute Gasteiger partial charge is 0.124 e. The number of halogens is 1. The van der Waals surface area contributed by atoms with Crippen LogP contribution >= 0.6 is 11.6 Å². The second-order valence-electron chi connectivity index (χ2n) is 5.17. The summed E-state index contributed by atoms with van der Waals surface area (Å²) in [4.78, 5) is 0. The van der Waals surface area contributed by atoms with Gasteiger partial charge in [0.25, 0.3) is 0 Å². The summed E-state index contributed by atoms with van der Waals surface area (Å²) in [5.74, 6) is 1.61. The van der Waals surface area contributed by atoms with E-state index in [2.05, 4.69) is 26.1 Å². The number of hydrogen-bond acceptors (Lipinski definition) is 2. The van der Waals surface area contributed by atoms with E-state index in [-0.39, 0.29) is 0 Å². The van der Waals surface area contributed by atoms with Crippen LogP contribution in [0.3, 0.4) is 0 Å². The van der Waals surface area contributed by atoms with Gasteiger partial charge in [-0.05, 0) is 37.8 Å². The van der Waals surface area contributed by atoms with Crippen molar-refractivity contribution in [2.24, 2.45) is 5.92 Å².